The standard InChI is InChI=1S/C17H29N3O3/c1-18-6-2-7-19(10-9-18)8-5-16(21)20-11-14(13-3-4-13)15(12-20)17(22)23/h13-15H,2-12H2,1H3,(H,22,23)/t14-,15+/m1/s1. The molecule has 1 saturated carbocycles. The van der Waals surface area contributed by atoms with Gasteiger partial charge in [0, 0.05) is 39.1 Å². The van der Waals surface area contributed by atoms with E-state index < -0.39 is 5.97 Å². The number of rotatable bonds is 5. The van der Waals surface area contributed by atoms with Crippen molar-refractivity contribution in [3.8, 4) is 0 Å². The minimum absolute atomic E-state index is 0.136. The number of likely N-dealkylation sites (N-methyl/N-ethyl adjacent to an activating group) is 1. The number of hydrogen-bond acceptors (Lipinski definition) is 4. The normalized spacial score (nSPS) is 30.4. The lowest BCUT2D eigenvalue weighted by atomic mass is 9.92. The van der Waals surface area contributed by atoms with Crippen molar-refractivity contribution in [3.05, 3.63) is 0 Å². The second kappa shape index (κ2) is 7.18. The predicted molar refractivity (Wildman–Crippen MR) is 87.1 cm³/mol. The summed E-state index contributed by atoms with van der Waals surface area (Å²) in [5.74, 6) is -0.221. The summed E-state index contributed by atoms with van der Waals surface area (Å²) >= 11 is 0. The summed E-state index contributed by atoms with van der Waals surface area (Å²) in [6.45, 7) is 6.13. The molecule has 0 unspecified atom stereocenters. The number of likely N-dealkylation sites (tertiary alicyclic amines) is 1. The van der Waals surface area contributed by atoms with Crippen LogP contribution in [0.2, 0.25) is 0 Å². The molecule has 3 rings (SSSR count). The van der Waals surface area contributed by atoms with Gasteiger partial charge in [-0.05, 0) is 51.2 Å². The molecule has 0 aromatic carbocycles. The van der Waals surface area contributed by atoms with Gasteiger partial charge in [0.05, 0.1) is 5.92 Å². The number of amides is 1. The minimum Gasteiger partial charge on any atom is -0.481 e. The van der Waals surface area contributed by atoms with Crippen LogP contribution < -0.4 is 0 Å². The molecular formula is C17H29N3O3. The Labute approximate surface area is 138 Å². The van der Waals surface area contributed by atoms with Crippen LogP contribution in [0, 0.1) is 17.8 Å². The second-order valence-corrected chi connectivity index (χ2v) is 7.49. The number of hydrogen-bond donors (Lipinski definition) is 1. The fourth-order valence-corrected chi connectivity index (χ4v) is 4.03. The molecule has 0 bridgehead atoms. The lowest BCUT2D eigenvalue weighted by Crippen LogP contribution is -2.35. The first-order valence-corrected chi connectivity index (χ1v) is 8.96. The summed E-state index contributed by atoms with van der Waals surface area (Å²) in [5.41, 5.74) is 0. The van der Waals surface area contributed by atoms with E-state index >= 15 is 0 Å². The summed E-state index contributed by atoms with van der Waals surface area (Å²) in [6.07, 6.45) is 3.95. The molecule has 1 N–H and O–H groups in total. The molecule has 6 nitrogen and oxygen atoms in total. The molecule has 0 aromatic heterocycles. The molecule has 2 saturated heterocycles. The van der Waals surface area contributed by atoms with E-state index in [1.165, 1.54) is 0 Å². The van der Waals surface area contributed by atoms with Gasteiger partial charge in [0.15, 0.2) is 0 Å². The molecule has 0 aromatic rings. The SMILES string of the molecule is CN1CCCN(CCC(=O)N2C[C@H](C(=O)O)[C@@H](C3CC3)C2)CC1. The third-order valence-electron chi connectivity index (χ3n) is 5.72. The first kappa shape index (κ1) is 16.7. The van der Waals surface area contributed by atoms with Crippen LogP contribution in [0.5, 0.6) is 0 Å². The van der Waals surface area contributed by atoms with Crippen molar-refractivity contribution in [2.45, 2.75) is 25.7 Å². The maximum absolute atomic E-state index is 12.5. The summed E-state index contributed by atoms with van der Waals surface area (Å²) in [6, 6.07) is 0. The van der Waals surface area contributed by atoms with Gasteiger partial charge >= 0.3 is 5.97 Å². The van der Waals surface area contributed by atoms with Crippen LogP contribution in [0.15, 0.2) is 0 Å². The highest BCUT2D eigenvalue weighted by Gasteiger charge is 2.46. The molecule has 2 heterocycles. The maximum atomic E-state index is 12.5. The lowest BCUT2D eigenvalue weighted by molar-refractivity contribution is -0.142. The van der Waals surface area contributed by atoms with Crippen molar-refractivity contribution in [1.29, 1.82) is 0 Å². The van der Waals surface area contributed by atoms with E-state index in [9.17, 15) is 14.7 Å². The third kappa shape index (κ3) is 4.23. The predicted octanol–water partition coefficient (Wildman–Crippen LogP) is 0.583. The summed E-state index contributed by atoms with van der Waals surface area (Å²) in [7, 11) is 2.14. The van der Waals surface area contributed by atoms with E-state index in [4.69, 9.17) is 0 Å². The van der Waals surface area contributed by atoms with Gasteiger partial charge in [-0.25, -0.2) is 0 Å². The van der Waals surface area contributed by atoms with Gasteiger partial charge in [-0.2, -0.15) is 0 Å². The summed E-state index contributed by atoms with van der Waals surface area (Å²) in [5, 5.41) is 9.40. The summed E-state index contributed by atoms with van der Waals surface area (Å²) < 4.78 is 0. The Morgan fingerprint density at radius 3 is 2.57 bits per heavy atom. The van der Waals surface area contributed by atoms with Gasteiger partial charge in [0.25, 0.3) is 0 Å². The maximum Gasteiger partial charge on any atom is 0.308 e. The molecule has 1 amide bonds. The van der Waals surface area contributed by atoms with Crippen molar-refractivity contribution >= 4 is 11.9 Å². The third-order valence-corrected chi connectivity index (χ3v) is 5.72. The van der Waals surface area contributed by atoms with Crippen LogP contribution in [0.4, 0.5) is 0 Å². The van der Waals surface area contributed by atoms with Crippen molar-refractivity contribution in [1.82, 2.24) is 14.7 Å². The molecule has 23 heavy (non-hydrogen) atoms. The average Bonchev–Trinajstić information content (AvgIpc) is 3.29. The average molecular weight is 323 g/mol. The van der Waals surface area contributed by atoms with E-state index in [0.29, 0.717) is 25.4 Å². The summed E-state index contributed by atoms with van der Waals surface area (Å²) in [4.78, 5) is 30.4. The molecule has 0 radical (unpaired) electrons. The number of carbonyl (C=O) groups is 2. The largest absolute Gasteiger partial charge is 0.481 e. The first-order valence-electron chi connectivity index (χ1n) is 8.96. The van der Waals surface area contributed by atoms with Gasteiger partial charge in [0.2, 0.25) is 5.91 Å². The van der Waals surface area contributed by atoms with Crippen LogP contribution in [-0.4, -0.2) is 84.5 Å². The number of aliphatic carboxylic acids is 1. The number of carbonyl (C=O) groups excluding carboxylic acids is 1. The second-order valence-electron chi connectivity index (χ2n) is 7.49. The number of nitrogens with zero attached hydrogens (tertiary/aromatic N) is 3. The molecule has 2 atom stereocenters. The Balaban J connectivity index is 1.47. The van der Waals surface area contributed by atoms with Crippen LogP contribution >= 0.6 is 0 Å². The van der Waals surface area contributed by atoms with E-state index in [0.717, 1.165) is 52.0 Å². The zero-order chi connectivity index (χ0) is 16.4. The minimum atomic E-state index is -0.729. The van der Waals surface area contributed by atoms with Crippen LogP contribution in [0.1, 0.15) is 25.7 Å². The van der Waals surface area contributed by atoms with Crippen molar-refractivity contribution in [2.75, 3.05) is 52.9 Å². The number of carboxylic acids is 1. The van der Waals surface area contributed by atoms with Crippen LogP contribution in [0.3, 0.4) is 0 Å². The van der Waals surface area contributed by atoms with Gasteiger partial charge in [-0.1, -0.05) is 0 Å². The molecule has 2 aliphatic heterocycles. The van der Waals surface area contributed by atoms with Gasteiger partial charge in [-0.15, -0.1) is 0 Å². The van der Waals surface area contributed by atoms with Gasteiger partial charge in [-0.3, -0.25) is 9.59 Å². The van der Waals surface area contributed by atoms with Gasteiger partial charge < -0.3 is 19.8 Å². The highest BCUT2D eigenvalue weighted by atomic mass is 16.4. The van der Waals surface area contributed by atoms with E-state index in [1.807, 2.05) is 4.90 Å². The van der Waals surface area contributed by atoms with Gasteiger partial charge in [0.1, 0.15) is 0 Å². The van der Waals surface area contributed by atoms with Crippen LogP contribution in [-0.2, 0) is 9.59 Å². The van der Waals surface area contributed by atoms with E-state index in [1.54, 1.807) is 0 Å². The first-order chi connectivity index (χ1) is 11.0. The van der Waals surface area contributed by atoms with Crippen molar-refractivity contribution < 1.29 is 14.7 Å². The molecule has 0 spiro atoms. The molecule has 1 aliphatic carbocycles. The number of carboxylic acid groups (broad SMARTS) is 1. The lowest BCUT2D eigenvalue weighted by Gasteiger charge is -2.22. The Kier molecular flexibility index (Phi) is 5.21. The van der Waals surface area contributed by atoms with Crippen molar-refractivity contribution in [2.24, 2.45) is 17.8 Å². The molecular weight excluding hydrogens is 294 g/mol. The zero-order valence-corrected chi connectivity index (χ0v) is 14.1. The fourth-order valence-electron chi connectivity index (χ4n) is 4.03. The fraction of sp³-hybridized carbons (Fsp3) is 0.882. The molecule has 6 heteroatoms. The zero-order valence-electron chi connectivity index (χ0n) is 14.1. The van der Waals surface area contributed by atoms with Crippen LogP contribution in [0.25, 0.3) is 0 Å². The monoisotopic (exact) mass is 323 g/mol. The Bertz CT molecular complexity index is 452. The highest BCUT2D eigenvalue weighted by molar-refractivity contribution is 5.79. The Morgan fingerprint density at radius 1 is 1.09 bits per heavy atom. The quantitative estimate of drug-likeness (QED) is 0.802. The van der Waals surface area contributed by atoms with E-state index in [2.05, 4.69) is 16.8 Å². The molecule has 3 fully saturated rings. The topological polar surface area (TPSA) is 64.1 Å². The molecule has 130 valence electrons. The van der Waals surface area contributed by atoms with Crippen molar-refractivity contribution in [3.63, 3.8) is 0 Å². The Hall–Kier alpha value is -1.14. The molecule has 3 aliphatic rings. The smallest absolute Gasteiger partial charge is 0.308 e. The van der Waals surface area contributed by atoms with E-state index in [-0.39, 0.29) is 17.7 Å². The highest BCUT2D eigenvalue weighted by Crippen LogP contribution is 2.44. The Morgan fingerprint density at radius 2 is 1.87 bits per heavy atom.